The van der Waals surface area contributed by atoms with Crippen LogP contribution < -0.4 is 5.32 Å². The number of phenolic OH excluding ortho intramolecular Hbond substituents is 1. The van der Waals surface area contributed by atoms with E-state index in [2.05, 4.69) is 15.3 Å². The predicted molar refractivity (Wildman–Crippen MR) is 135 cm³/mol. The van der Waals surface area contributed by atoms with Gasteiger partial charge in [-0.2, -0.15) is 0 Å². The molecule has 6 rings (SSSR count). The van der Waals surface area contributed by atoms with Gasteiger partial charge in [0.1, 0.15) is 17.2 Å². The summed E-state index contributed by atoms with van der Waals surface area (Å²) >= 11 is 0. The molecule has 8 nitrogen and oxygen atoms in total. The van der Waals surface area contributed by atoms with Gasteiger partial charge in [0.15, 0.2) is 5.75 Å². The molecule has 3 heterocycles. The maximum absolute atomic E-state index is 13.6. The number of carbonyl (C=O) groups excluding carboxylic acids is 2. The number of phenols is 1. The molecule has 0 unspecified atom stereocenters. The van der Waals surface area contributed by atoms with Crippen molar-refractivity contribution in [3.05, 3.63) is 101 Å². The van der Waals surface area contributed by atoms with Crippen LogP contribution in [0.25, 0.3) is 21.9 Å². The number of hydrogen-bond donors (Lipinski definition) is 2. The van der Waals surface area contributed by atoms with Gasteiger partial charge in [-0.15, -0.1) is 0 Å². The Labute approximate surface area is 211 Å². The van der Waals surface area contributed by atoms with E-state index in [0.717, 1.165) is 16.6 Å². The number of nitrogens with one attached hydrogen (secondary N) is 1. The van der Waals surface area contributed by atoms with Crippen molar-refractivity contribution in [1.29, 1.82) is 0 Å². The van der Waals surface area contributed by atoms with Crippen LogP contribution in [0.4, 0.5) is 4.39 Å². The van der Waals surface area contributed by atoms with Crippen LogP contribution >= 0.6 is 0 Å². The van der Waals surface area contributed by atoms with Crippen LogP contribution in [0, 0.1) is 5.82 Å². The Morgan fingerprint density at radius 2 is 1.89 bits per heavy atom. The van der Waals surface area contributed by atoms with Gasteiger partial charge in [-0.1, -0.05) is 30.3 Å². The van der Waals surface area contributed by atoms with Gasteiger partial charge in [0, 0.05) is 37.3 Å². The second kappa shape index (κ2) is 8.70. The van der Waals surface area contributed by atoms with Gasteiger partial charge in [-0.3, -0.25) is 14.6 Å². The summed E-state index contributed by atoms with van der Waals surface area (Å²) in [6.45, 7) is 0.506. The minimum Gasteiger partial charge on any atom is -0.505 e. The molecule has 37 heavy (non-hydrogen) atoms. The van der Waals surface area contributed by atoms with Crippen molar-refractivity contribution in [1.82, 2.24) is 24.8 Å². The number of benzene rings is 3. The number of hydrogen-bond acceptors (Lipinski definition) is 5. The molecule has 0 saturated heterocycles. The Balaban J connectivity index is 1.37. The van der Waals surface area contributed by atoms with Crippen LogP contribution in [-0.2, 0) is 26.7 Å². The fourth-order valence-electron chi connectivity index (χ4n) is 4.95. The number of pyridine rings is 1. The number of para-hydroxylation sites is 2. The Hall–Kier alpha value is -4.79. The molecule has 9 heteroatoms. The quantitative estimate of drug-likeness (QED) is 0.383. The zero-order chi connectivity index (χ0) is 25.7. The first-order valence-corrected chi connectivity index (χ1v) is 11.8. The van der Waals surface area contributed by atoms with Crippen molar-refractivity contribution in [2.45, 2.75) is 19.6 Å². The molecule has 0 aliphatic carbocycles. The van der Waals surface area contributed by atoms with E-state index in [4.69, 9.17) is 0 Å². The summed E-state index contributed by atoms with van der Waals surface area (Å²) in [4.78, 5) is 37.4. The van der Waals surface area contributed by atoms with Gasteiger partial charge >= 0.3 is 0 Å². The van der Waals surface area contributed by atoms with E-state index in [-0.39, 0.29) is 42.3 Å². The van der Waals surface area contributed by atoms with Crippen LogP contribution in [0.3, 0.4) is 0 Å². The lowest BCUT2D eigenvalue weighted by Crippen LogP contribution is -2.26. The highest BCUT2D eigenvalue weighted by molar-refractivity contribution is 6.15. The Morgan fingerprint density at radius 3 is 2.68 bits per heavy atom. The number of rotatable bonds is 5. The third-order valence-corrected chi connectivity index (χ3v) is 6.79. The summed E-state index contributed by atoms with van der Waals surface area (Å²) < 4.78 is 15.3. The summed E-state index contributed by atoms with van der Waals surface area (Å²) in [5.41, 5.74) is 3.51. The second-order valence-electron chi connectivity index (χ2n) is 9.02. The highest BCUT2D eigenvalue weighted by Gasteiger charge is 2.36. The maximum Gasteiger partial charge on any atom is 0.258 e. The molecule has 1 aliphatic heterocycles. The SMILES string of the molecule is Cn1c(CNC(=O)c2c3c(c(O)c4ncccc24)C(=O)N(Cc2ccc(F)cc2)C3)nc2ccccc21. The first-order chi connectivity index (χ1) is 17.9. The molecule has 2 aromatic heterocycles. The van der Waals surface area contributed by atoms with E-state index in [0.29, 0.717) is 22.3 Å². The van der Waals surface area contributed by atoms with E-state index >= 15 is 0 Å². The lowest BCUT2D eigenvalue weighted by Gasteiger charge is -2.16. The molecule has 2 amide bonds. The molecule has 2 N–H and O–H groups in total. The number of amides is 2. The zero-order valence-corrected chi connectivity index (χ0v) is 19.9. The molecule has 0 saturated carbocycles. The summed E-state index contributed by atoms with van der Waals surface area (Å²) in [7, 11) is 1.89. The highest BCUT2D eigenvalue weighted by Crippen LogP contribution is 2.40. The number of fused-ring (bicyclic) bond motifs is 3. The van der Waals surface area contributed by atoms with Crippen molar-refractivity contribution in [2.75, 3.05) is 0 Å². The van der Waals surface area contributed by atoms with E-state index in [9.17, 15) is 19.1 Å². The van der Waals surface area contributed by atoms with Crippen molar-refractivity contribution < 1.29 is 19.1 Å². The van der Waals surface area contributed by atoms with Crippen molar-refractivity contribution in [3.8, 4) is 5.75 Å². The van der Waals surface area contributed by atoms with Crippen LogP contribution in [0.1, 0.15) is 37.7 Å². The number of imidazole rings is 1. The predicted octanol–water partition coefficient (Wildman–Crippen LogP) is 4.05. The van der Waals surface area contributed by atoms with Gasteiger partial charge in [0.25, 0.3) is 11.8 Å². The number of carbonyl (C=O) groups is 2. The zero-order valence-electron chi connectivity index (χ0n) is 19.9. The monoisotopic (exact) mass is 495 g/mol. The molecule has 0 spiro atoms. The fraction of sp³-hybridized carbons (Fsp3) is 0.143. The third kappa shape index (κ3) is 3.76. The van der Waals surface area contributed by atoms with E-state index < -0.39 is 11.8 Å². The second-order valence-corrected chi connectivity index (χ2v) is 9.02. The molecule has 0 bridgehead atoms. The summed E-state index contributed by atoms with van der Waals surface area (Å²) in [6.07, 6.45) is 1.51. The lowest BCUT2D eigenvalue weighted by atomic mass is 9.96. The summed E-state index contributed by atoms with van der Waals surface area (Å²) in [5, 5.41) is 14.4. The number of nitrogens with zero attached hydrogens (tertiary/aromatic N) is 4. The topological polar surface area (TPSA) is 100 Å². The van der Waals surface area contributed by atoms with Crippen molar-refractivity contribution >= 4 is 33.8 Å². The normalized spacial score (nSPS) is 12.9. The molecule has 0 atom stereocenters. The molecular formula is C28H22FN5O3. The first-order valence-electron chi connectivity index (χ1n) is 11.8. The average Bonchev–Trinajstić information content (AvgIpc) is 3.40. The van der Waals surface area contributed by atoms with Crippen LogP contribution in [0.15, 0.2) is 66.9 Å². The smallest absolute Gasteiger partial charge is 0.258 e. The van der Waals surface area contributed by atoms with Crippen LogP contribution in [0.5, 0.6) is 5.75 Å². The number of aromatic nitrogens is 3. The minimum absolute atomic E-state index is 0.0705. The molecule has 3 aromatic carbocycles. The standard InChI is InChI=1S/C28H22FN5O3/c1-33-21-7-3-2-6-20(21)32-22(33)13-31-27(36)23-18-5-4-12-30-25(18)26(35)24-19(23)15-34(28(24)37)14-16-8-10-17(29)11-9-16/h2-12,35H,13-15H2,1H3,(H,31,36). The Bertz CT molecular complexity index is 1710. The van der Waals surface area contributed by atoms with Gasteiger partial charge in [-0.25, -0.2) is 9.37 Å². The average molecular weight is 496 g/mol. The van der Waals surface area contributed by atoms with Gasteiger partial charge in [-0.05, 0) is 35.9 Å². The lowest BCUT2D eigenvalue weighted by molar-refractivity contribution is 0.0763. The molecule has 0 radical (unpaired) electrons. The van der Waals surface area contributed by atoms with Crippen LogP contribution in [-0.4, -0.2) is 36.4 Å². The highest BCUT2D eigenvalue weighted by atomic mass is 19.1. The van der Waals surface area contributed by atoms with Crippen LogP contribution in [0.2, 0.25) is 0 Å². The number of aromatic hydroxyl groups is 1. The summed E-state index contributed by atoms with van der Waals surface area (Å²) in [5.74, 6) is -0.730. The Morgan fingerprint density at radius 1 is 1.11 bits per heavy atom. The van der Waals surface area contributed by atoms with Gasteiger partial charge in [0.05, 0.1) is 28.7 Å². The van der Waals surface area contributed by atoms with E-state index in [1.165, 1.54) is 23.2 Å². The number of aryl methyl sites for hydroxylation is 1. The largest absolute Gasteiger partial charge is 0.505 e. The molecule has 184 valence electrons. The first kappa shape index (κ1) is 22.7. The third-order valence-electron chi connectivity index (χ3n) is 6.79. The maximum atomic E-state index is 13.6. The number of halogens is 1. The fourth-order valence-corrected chi connectivity index (χ4v) is 4.95. The van der Waals surface area contributed by atoms with Gasteiger partial charge in [0.2, 0.25) is 0 Å². The van der Waals surface area contributed by atoms with E-state index in [1.54, 1.807) is 24.3 Å². The molecule has 5 aromatic rings. The van der Waals surface area contributed by atoms with Crippen molar-refractivity contribution in [2.24, 2.45) is 7.05 Å². The van der Waals surface area contributed by atoms with E-state index in [1.807, 2.05) is 35.9 Å². The van der Waals surface area contributed by atoms with Gasteiger partial charge < -0.3 is 19.9 Å². The molecule has 0 fully saturated rings. The minimum atomic E-state index is -0.409. The molecule has 1 aliphatic rings. The Kier molecular flexibility index (Phi) is 5.33. The molecular weight excluding hydrogens is 473 g/mol. The summed E-state index contributed by atoms with van der Waals surface area (Å²) in [6, 6.07) is 17.0. The van der Waals surface area contributed by atoms with Crippen molar-refractivity contribution in [3.63, 3.8) is 0 Å².